The Morgan fingerprint density at radius 2 is 1.61 bits per heavy atom. The van der Waals surface area contributed by atoms with Crippen molar-refractivity contribution in [1.82, 2.24) is 5.48 Å². The van der Waals surface area contributed by atoms with Gasteiger partial charge in [0.1, 0.15) is 5.75 Å². The van der Waals surface area contributed by atoms with Gasteiger partial charge in [0, 0.05) is 5.56 Å². The van der Waals surface area contributed by atoms with Crippen LogP contribution in [0, 0.1) is 29.5 Å². The molecule has 0 unspecified atom stereocenters. The van der Waals surface area contributed by atoms with Crippen molar-refractivity contribution < 1.29 is 19.1 Å². The summed E-state index contributed by atoms with van der Waals surface area (Å²) in [7, 11) is 0. The zero-order chi connectivity index (χ0) is 19.3. The Balaban J connectivity index is 1.31. The number of rotatable bonds is 4. The Hall–Kier alpha value is -2.40. The van der Waals surface area contributed by atoms with Gasteiger partial charge in [0.05, 0.1) is 0 Å². The van der Waals surface area contributed by atoms with Crippen molar-refractivity contribution in [3.63, 3.8) is 0 Å². The minimum absolute atomic E-state index is 0.0320. The van der Waals surface area contributed by atoms with Crippen LogP contribution in [0.1, 0.15) is 53.9 Å². The number of hydrogen-bond acceptors (Lipinski definition) is 3. The second kappa shape index (κ2) is 6.89. The fourth-order valence-corrected chi connectivity index (χ4v) is 6.14. The first-order chi connectivity index (χ1) is 13.6. The first-order valence-electron chi connectivity index (χ1n) is 10.1. The molecule has 0 radical (unpaired) electrons. The first kappa shape index (κ1) is 17.7. The molecule has 4 nitrogen and oxygen atoms in total. The lowest BCUT2D eigenvalue weighted by molar-refractivity contribution is -0.00279. The molecule has 0 aliphatic heterocycles. The van der Waals surface area contributed by atoms with Crippen molar-refractivity contribution in [2.75, 3.05) is 0 Å². The van der Waals surface area contributed by atoms with Crippen LogP contribution in [-0.2, 0) is 0 Å². The summed E-state index contributed by atoms with van der Waals surface area (Å²) in [4.78, 5) is 11.4. The van der Waals surface area contributed by atoms with Gasteiger partial charge >= 0.3 is 0 Å². The number of nitrogens with one attached hydrogen (secondary N) is 1. The zero-order valence-electron chi connectivity index (χ0n) is 15.6. The number of benzene rings is 2. The maximum atomic E-state index is 14.2. The standard InChI is InChI=1S/C23H24FNO3/c24-20-12-16(23(26)25-27)3-6-21(20)28-19-4-1-15(2-5-19)22-17-8-13-7-14(10-17)11-18(22)9-13/h1-6,12-14,17-18,22,27H,7-11H2,(H,25,26). The molecule has 1 amide bonds. The van der Waals surface area contributed by atoms with Crippen molar-refractivity contribution in [2.45, 2.75) is 38.0 Å². The average molecular weight is 381 g/mol. The third-order valence-electron chi connectivity index (χ3n) is 7.02. The van der Waals surface area contributed by atoms with Gasteiger partial charge in [0.2, 0.25) is 0 Å². The summed E-state index contributed by atoms with van der Waals surface area (Å²) in [6.45, 7) is 0. The molecule has 5 heteroatoms. The molecular formula is C23H24FNO3. The molecule has 0 aromatic heterocycles. The van der Waals surface area contributed by atoms with E-state index < -0.39 is 11.7 Å². The molecule has 28 heavy (non-hydrogen) atoms. The van der Waals surface area contributed by atoms with Crippen molar-refractivity contribution in [1.29, 1.82) is 0 Å². The Labute approximate surface area is 163 Å². The number of hydrogen-bond donors (Lipinski definition) is 2. The van der Waals surface area contributed by atoms with Crippen molar-refractivity contribution >= 4 is 5.91 Å². The van der Waals surface area contributed by atoms with Gasteiger partial charge in [-0.05, 0) is 97.6 Å². The molecule has 146 valence electrons. The normalized spacial score (nSPS) is 30.3. The van der Waals surface area contributed by atoms with Crippen LogP contribution in [0.15, 0.2) is 42.5 Å². The third kappa shape index (κ3) is 3.08. The molecule has 2 aromatic rings. The maximum Gasteiger partial charge on any atom is 0.274 e. The van der Waals surface area contributed by atoms with Crippen LogP contribution >= 0.6 is 0 Å². The molecule has 2 N–H and O–H groups in total. The molecule has 0 atom stereocenters. The van der Waals surface area contributed by atoms with Gasteiger partial charge < -0.3 is 4.74 Å². The van der Waals surface area contributed by atoms with Crippen LogP contribution in [0.5, 0.6) is 11.5 Å². The topological polar surface area (TPSA) is 58.6 Å². The minimum Gasteiger partial charge on any atom is -0.454 e. The second-order valence-electron chi connectivity index (χ2n) is 8.71. The summed E-state index contributed by atoms with van der Waals surface area (Å²) >= 11 is 0. The van der Waals surface area contributed by atoms with E-state index in [2.05, 4.69) is 12.1 Å². The van der Waals surface area contributed by atoms with Gasteiger partial charge in [0.15, 0.2) is 11.6 Å². The van der Waals surface area contributed by atoms with Gasteiger partial charge in [-0.3, -0.25) is 10.0 Å². The third-order valence-corrected chi connectivity index (χ3v) is 7.02. The highest BCUT2D eigenvalue weighted by Gasteiger charge is 2.48. The maximum absolute atomic E-state index is 14.2. The smallest absolute Gasteiger partial charge is 0.274 e. The number of amides is 1. The minimum atomic E-state index is -0.759. The molecule has 4 aliphatic carbocycles. The van der Waals surface area contributed by atoms with E-state index >= 15 is 0 Å². The number of carbonyl (C=O) groups excluding carboxylic acids is 1. The lowest BCUT2D eigenvalue weighted by Crippen LogP contribution is -2.43. The average Bonchev–Trinajstić information content (AvgIpc) is 2.69. The van der Waals surface area contributed by atoms with E-state index in [1.54, 1.807) is 0 Å². The summed E-state index contributed by atoms with van der Waals surface area (Å²) in [5, 5.41) is 8.64. The quantitative estimate of drug-likeness (QED) is 0.560. The lowest BCUT2D eigenvalue weighted by atomic mass is 9.51. The molecule has 4 saturated carbocycles. The van der Waals surface area contributed by atoms with Gasteiger partial charge in [-0.1, -0.05) is 12.1 Å². The van der Waals surface area contributed by atoms with E-state index in [0.29, 0.717) is 11.7 Å². The molecule has 0 saturated heterocycles. The van der Waals surface area contributed by atoms with E-state index in [0.717, 1.165) is 29.7 Å². The van der Waals surface area contributed by atoms with Crippen LogP contribution in [0.4, 0.5) is 4.39 Å². The summed E-state index contributed by atoms with van der Waals surface area (Å²) in [6.07, 6.45) is 6.99. The Morgan fingerprint density at radius 3 is 2.18 bits per heavy atom. The van der Waals surface area contributed by atoms with E-state index in [1.165, 1.54) is 55.3 Å². The second-order valence-corrected chi connectivity index (χ2v) is 8.71. The van der Waals surface area contributed by atoms with E-state index in [4.69, 9.17) is 9.94 Å². The Kier molecular flexibility index (Phi) is 4.35. The fraction of sp³-hybridized carbons (Fsp3) is 0.435. The van der Waals surface area contributed by atoms with Crippen molar-refractivity contribution in [2.24, 2.45) is 23.7 Å². The number of halogens is 1. The highest BCUT2D eigenvalue weighted by molar-refractivity contribution is 5.93. The summed E-state index contributed by atoms with van der Waals surface area (Å²) < 4.78 is 19.9. The highest BCUT2D eigenvalue weighted by Crippen LogP contribution is 2.59. The number of hydroxylamine groups is 1. The predicted octanol–water partition coefficient (Wildman–Crippen LogP) is 5.28. The largest absolute Gasteiger partial charge is 0.454 e. The number of ether oxygens (including phenoxy) is 1. The Morgan fingerprint density at radius 1 is 0.964 bits per heavy atom. The van der Waals surface area contributed by atoms with Crippen LogP contribution in [0.25, 0.3) is 0 Å². The van der Waals surface area contributed by atoms with Gasteiger partial charge in [0.25, 0.3) is 5.91 Å². The van der Waals surface area contributed by atoms with E-state index in [1.807, 2.05) is 12.1 Å². The molecule has 4 fully saturated rings. The molecular weight excluding hydrogens is 357 g/mol. The van der Waals surface area contributed by atoms with Gasteiger partial charge in [-0.2, -0.15) is 0 Å². The molecule has 0 heterocycles. The SMILES string of the molecule is O=C(NO)c1ccc(Oc2ccc(C3C4CC5CC(C4)CC3C5)cc2)c(F)c1. The fourth-order valence-electron chi connectivity index (χ4n) is 6.14. The van der Waals surface area contributed by atoms with E-state index in [-0.39, 0.29) is 11.3 Å². The van der Waals surface area contributed by atoms with Crippen LogP contribution in [0.3, 0.4) is 0 Å². The summed E-state index contributed by atoms with van der Waals surface area (Å²) in [5.41, 5.74) is 2.91. The van der Waals surface area contributed by atoms with Crippen molar-refractivity contribution in [3.8, 4) is 11.5 Å². The first-order valence-corrected chi connectivity index (χ1v) is 10.1. The summed E-state index contributed by atoms with van der Waals surface area (Å²) in [5.74, 6) is 3.45. The molecule has 4 bridgehead atoms. The lowest BCUT2D eigenvalue weighted by Gasteiger charge is -2.54. The predicted molar refractivity (Wildman–Crippen MR) is 102 cm³/mol. The molecule has 4 aliphatic rings. The van der Waals surface area contributed by atoms with Gasteiger partial charge in [-0.25, -0.2) is 9.87 Å². The van der Waals surface area contributed by atoms with E-state index in [9.17, 15) is 9.18 Å². The van der Waals surface area contributed by atoms with Crippen LogP contribution in [0.2, 0.25) is 0 Å². The molecule has 2 aromatic carbocycles. The van der Waals surface area contributed by atoms with Crippen molar-refractivity contribution in [3.05, 3.63) is 59.4 Å². The number of carbonyl (C=O) groups is 1. The van der Waals surface area contributed by atoms with Crippen LogP contribution < -0.4 is 10.2 Å². The zero-order valence-corrected chi connectivity index (χ0v) is 15.6. The monoisotopic (exact) mass is 381 g/mol. The summed E-state index contributed by atoms with van der Waals surface area (Å²) in [6, 6.07) is 11.9. The van der Waals surface area contributed by atoms with Gasteiger partial charge in [-0.15, -0.1) is 0 Å². The van der Waals surface area contributed by atoms with Crippen LogP contribution in [-0.4, -0.2) is 11.1 Å². The highest BCUT2D eigenvalue weighted by atomic mass is 19.1. The molecule has 0 spiro atoms. The Bertz CT molecular complexity index is 867. The molecule has 6 rings (SSSR count).